The molecule has 0 saturated carbocycles. The average Bonchev–Trinajstić information content (AvgIpc) is 3.32. The fourth-order valence-corrected chi connectivity index (χ4v) is 4.66. The fourth-order valence-electron chi connectivity index (χ4n) is 4.54. The van der Waals surface area contributed by atoms with Gasteiger partial charge in [-0.05, 0) is 57.4 Å². The lowest BCUT2D eigenvalue weighted by molar-refractivity contribution is -0.138. The highest BCUT2D eigenvalue weighted by atomic mass is 35.5. The Morgan fingerprint density at radius 2 is 1.84 bits per heavy atom. The molecular weight excluding hydrogens is 512 g/mol. The van der Waals surface area contributed by atoms with Crippen molar-refractivity contribution in [3.05, 3.63) is 53.4 Å². The molecule has 1 atom stereocenters. The first-order chi connectivity index (χ1) is 18.0. The lowest BCUT2D eigenvalue weighted by Gasteiger charge is -2.42. The molecule has 38 heavy (non-hydrogen) atoms. The van der Waals surface area contributed by atoms with E-state index in [9.17, 15) is 19.5 Å². The molecule has 1 aliphatic rings. The predicted octanol–water partition coefficient (Wildman–Crippen LogP) is 3.81. The van der Waals surface area contributed by atoms with Crippen molar-refractivity contribution >= 4 is 46.4 Å². The molecule has 3 aromatic rings. The molecule has 12 heteroatoms. The summed E-state index contributed by atoms with van der Waals surface area (Å²) < 4.78 is 5.46. The number of nitrogens with one attached hydrogen (secondary N) is 3. The zero-order valence-electron chi connectivity index (χ0n) is 21.5. The van der Waals surface area contributed by atoms with Crippen molar-refractivity contribution in [1.82, 2.24) is 25.6 Å². The van der Waals surface area contributed by atoms with E-state index in [0.717, 1.165) is 11.2 Å². The summed E-state index contributed by atoms with van der Waals surface area (Å²) in [5, 5.41) is 16.5. The molecular formula is C26H31ClN6O5. The molecule has 2 aromatic heterocycles. The number of nitrogens with zero attached hydrogens (tertiary/aromatic N) is 3. The van der Waals surface area contributed by atoms with Gasteiger partial charge in [-0.3, -0.25) is 9.59 Å². The Morgan fingerprint density at radius 3 is 2.47 bits per heavy atom. The van der Waals surface area contributed by atoms with E-state index in [2.05, 4.69) is 25.6 Å². The van der Waals surface area contributed by atoms with Gasteiger partial charge in [-0.15, -0.1) is 0 Å². The van der Waals surface area contributed by atoms with Gasteiger partial charge in [-0.25, -0.2) is 14.8 Å². The van der Waals surface area contributed by atoms with Crippen LogP contribution in [-0.2, 0) is 14.3 Å². The number of aromatic amines is 1. The van der Waals surface area contributed by atoms with Gasteiger partial charge >= 0.3 is 12.1 Å². The molecule has 0 radical (unpaired) electrons. The number of ether oxygens (including phenoxy) is 1. The van der Waals surface area contributed by atoms with Crippen molar-refractivity contribution in [3.8, 4) is 0 Å². The second-order valence-corrected chi connectivity index (χ2v) is 10.7. The van der Waals surface area contributed by atoms with Crippen LogP contribution in [0.3, 0.4) is 0 Å². The minimum atomic E-state index is -1.33. The number of hydrogen-bond acceptors (Lipinski definition) is 7. The topological polar surface area (TPSA) is 150 Å². The Hall–Kier alpha value is -3.86. The van der Waals surface area contributed by atoms with Crippen molar-refractivity contribution in [3.63, 3.8) is 0 Å². The minimum absolute atomic E-state index is 0.244. The number of carboxylic acid groups (broad SMARTS) is 1. The molecule has 0 spiro atoms. The van der Waals surface area contributed by atoms with Crippen LogP contribution in [0.5, 0.6) is 0 Å². The van der Waals surface area contributed by atoms with Crippen LogP contribution in [0.2, 0.25) is 5.02 Å². The number of fused-ring (bicyclic) bond motifs is 1. The summed E-state index contributed by atoms with van der Waals surface area (Å²) in [5.74, 6) is -0.834. The third-order valence-corrected chi connectivity index (χ3v) is 6.63. The van der Waals surface area contributed by atoms with Crippen molar-refractivity contribution in [1.29, 1.82) is 0 Å². The number of hydrogen-bond donors (Lipinski definition) is 4. The number of aromatic nitrogens is 3. The minimum Gasteiger partial charge on any atom is -0.481 e. The summed E-state index contributed by atoms with van der Waals surface area (Å²) in [6.45, 7) is 6.03. The van der Waals surface area contributed by atoms with E-state index >= 15 is 0 Å². The first-order valence-electron chi connectivity index (χ1n) is 12.3. The number of carbonyl (C=O) groups is 3. The van der Waals surface area contributed by atoms with E-state index < -0.39 is 35.2 Å². The number of carbonyl (C=O) groups excluding carboxylic acids is 2. The molecule has 1 unspecified atom stereocenters. The normalized spacial score (nSPS) is 16.1. The number of aliphatic carboxylic acids is 1. The van der Waals surface area contributed by atoms with E-state index in [1.165, 1.54) is 6.33 Å². The molecule has 2 amide bonds. The van der Waals surface area contributed by atoms with E-state index in [0.29, 0.717) is 29.3 Å². The van der Waals surface area contributed by atoms with Gasteiger partial charge in [0, 0.05) is 24.3 Å². The summed E-state index contributed by atoms with van der Waals surface area (Å²) in [6.07, 6.45) is 2.69. The number of carboxylic acids is 1. The molecule has 1 saturated heterocycles. The number of rotatable bonds is 7. The zero-order valence-corrected chi connectivity index (χ0v) is 22.2. The van der Waals surface area contributed by atoms with Gasteiger partial charge in [0.1, 0.15) is 28.9 Å². The molecule has 4 N–H and O–H groups in total. The van der Waals surface area contributed by atoms with Crippen molar-refractivity contribution in [2.75, 3.05) is 18.0 Å². The first-order valence-corrected chi connectivity index (χ1v) is 12.7. The molecule has 1 fully saturated rings. The third-order valence-electron chi connectivity index (χ3n) is 6.38. The highest BCUT2D eigenvalue weighted by molar-refractivity contribution is 6.30. The number of alkyl carbamates (subject to hydrolysis) is 1. The quantitative estimate of drug-likeness (QED) is 0.352. The van der Waals surface area contributed by atoms with E-state index in [1.807, 2.05) is 11.0 Å². The van der Waals surface area contributed by atoms with Crippen molar-refractivity contribution in [2.24, 2.45) is 0 Å². The Labute approximate surface area is 224 Å². The first kappa shape index (κ1) is 27.2. The third kappa shape index (κ3) is 6.34. The molecule has 4 rings (SSSR count). The Kier molecular flexibility index (Phi) is 7.77. The molecule has 202 valence electrons. The van der Waals surface area contributed by atoms with Gasteiger partial charge in [0.2, 0.25) is 5.91 Å². The Morgan fingerprint density at radius 1 is 1.16 bits per heavy atom. The van der Waals surface area contributed by atoms with Crippen LogP contribution >= 0.6 is 11.6 Å². The largest absolute Gasteiger partial charge is 0.481 e. The lowest BCUT2D eigenvalue weighted by atomic mass is 9.85. The Balaban J connectivity index is 1.59. The predicted molar refractivity (Wildman–Crippen MR) is 142 cm³/mol. The van der Waals surface area contributed by atoms with Crippen LogP contribution in [0.15, 0.2) is 42.9 Å². The van der Waals surface area contributed by atoms with E-state index in [-0.39, 0.29) is 19.3 Å². The lowest BCUT2D eigenvalue weighted by Crippen LogP contribution is -2.64. The van der Waals surface area contributed by atoms with Crippen LogP contribution in [0.4, 0.5) is 10.6 Å². The SMILES string of the molecule is CC(C)(C)OC(=O)NC1(C(=O)NC(CC(=O)O)c2ccc(Cl)cc2)CCN(c2ncnc3[nH]ccc23)CC1. The van der Waals surface area contributed by atoms with Crippen LogP contribution in [-0.4, -0.2) is 62.3 Å². The second kappa shape index (κ2) is 10.9. The highest BCUT2D eigenvalue weighted by Crippen LogP contribution is 2.31. The van der Waals surface area contributed by atoms with Crippen LogP contribution in [0, 0.1) is 0 Å². The molecule has 11 nitrogen and oxygen atoms in total. The summed E-state index contributed by atoms with van der Waals surface area (Å²) in [5.41, 5.74) is -0.799. The second-order valence-electron chi connectivity index (χ2n) is 10.3. The molecule has 1 aliphatic heterocycles. The molecule has 0 aliphatic carbocycles. The number of halogens is 1. The summed E-state index contributed by atoms with van der Waals surface area (Å²) in [6, 6.07) is 7.67. The fraction of sp³-hybridized carbons (Fsp3) is 0.423. The average molecular weight is 543 g/mol. The van der Waals surface area contributed by atoms with Gasteiger partial charge in [-0.2, -0.15) is 0 Å². The maximum absolute atomic E-state index is 13.8. The Bertz CT molecular complexity index is 1310. The van der Waals surface area contributed by atoms with Gasteiger partial charge in [0.15, 0.2) is 0 Å². The molecule has 0 bridgehead atoms. The number of anilines is 1. The molecule has 1 aromatic carbocycles. The van der Waals surface area contributed by atoms with Gasteiger partial charge in [0.05, 0.1) is 17.8 Å². The van der Waals surface area contributed by atoms with Crippen molar-refractivity contribution < 1.29 is 24.2 Å². The van der Waals surface area contributed by atoms with Gasteiger partial charge in [-0.1, -0.05) is 23.7 Å². The smallest absolute Gasteiger partial charge is 0.408 e. The summed E-state index contributed by atoms with van der Waals surface area (Å²) in [7, 11) is 0. The van der Waals surface area contributed by atoms with E-state index in [4.69, 9.17) is 16.3 Å². The van der Waals surface area contributed by atoms with Crippen LogP contribution < -0.4 is 15.5 Å². The number of benzene rings is 1. The van der Waals surface area contributed by atoms with Crippen molar-refractivity contribution in [2.45, 2.75) is 57.2 Å². The van der Waals surface area contributed by atoms with Crippen LogP contribution in [0.1, 0.15) is 51.6 Å². The maximum Gasteiger partial charge on any atom is 0.408 e. The number of piperidine rings is 1. The van der Waals surface area contributed by atoms with Gasteiger partial charge < -0.3 is 30.4 Å². The van der Waals surface area contributed by atoms with E-state index in [1.54, 1.807) is 51.2 Å². The number of amides is 2. The standard InChI is InChI=1S/C26H31ClN6O5/c1-25(2,3)38-24(37)32-26(23(36)31-19(14-20(34)35)16-4-6-17(27)7-5-16)9-12-33(13-10-26)22-18-8-11-28-21(18)29-15-30-22/h4-8,11,15,19H,9-10,12-14H2,1-3H3,(H,31,36)(H,32,37)(H,34,35)(H,28,29,30). The summed E-state index contributed by atoms with van der Waals surface area (Å²) in [4.78, 5) is 52.0. The molecule has 3 heterocycles. The zero-order chi connectivity index (χ0) is 27.5. The number of H-pyrrole nitrogens is 1. The monoisotopic (exact) mass is 542 g/mol. The van der Waals surface area contributed by atoms with Crippen LogP contribution in [0.25, 0.3) is 11.0 Å². The highest BCUT2D eigenvalue weighted by Gasteiger charge is 2.45. The van der Waals surface area contributed by atoms with Gasteiger partial charge in [0.25, 0.3) is 0 Å². The maximum atomic E-state index is 13.8. The summed E-state index contributed by atoms with van der Waals surface area (Å²) >= 11 is 5.99.